The molecule has 0 amide bonds. The van der Waals surface area contributed by atoms with Crippen molar-refractivity contribution in [1.29, 1.82) is 0 Å². The largest absolute Gasteiger partial charge is 0.256 e. The molecule has 0 spiro atoms. The van der Waals surface area contributed by atoms with Crippen LogP contribution in [-0.2, 0) is 0 Å². The fraction of sp³-hybridized carbons (Fsp3) is 0.0667. The zero-order valence-electron chi connectivity index (χ0n) is 20.5. The Morgan fingerprint density at radius 3 is 1.81 bits per heavy atom. The first-order chi connectivity index (χ1) is 17.7. The maximum Gasteiger partial charge on any atom is 0.228 e. The van der Waals surface area contributed by atoms with E-state index < -0.39 is 0 Å². The average molecular weight is 569 g/mol. The van der Waals surface area contributed by atoms with Crippen LogP contribution in [-0.4, -0.2) is 10.8 Å². The number of amidine groups is 1. The Morgan fingerprint density at radius 2 is 1.19 bits per heavy atom. The standard InChI is InChI=1S/C30H25N5S.BrH/c1-21-22(2)36-30(31-21)35-33-29(27-19-10-9-17-25(27)23-13-5-3-6-14-23)32-34(35)28-20-12-11-18-26(28)24-15-7-4-8-16-24;/h3-20H,1-2H3,(H,32,33);1H. The first kappa shape index (κ1) is 24.7. The summed E-state index contributed by atoms with van der Waals surface area (Å²) in [5, 5.41) is 9.84. The van der Waals surface area contributed by atoms with Crippen molar-refractivity contribution in [3.63, 3.8) is 0 Å². The minimum atomic E-state index is 0. The van der Waals surface area contributed by atoms with Crippen molar-refractivity contribution in [1.82, 2.24) is 10.4 Å². The molecule has 5 nitrogen and oxygen atoms in total. The lowest BCUT2D eigenvalue weighted by Gasteiger charge is -2.27. The molecule has 0 saturated carbocycles. The maximum atomic E-state index is 5.13. The quantitative estimate of drug-likeness (QED) is 0.235. The van der Waals surface area contributed by atoms with E-state index in [9.17, 15) is 0 Å². The van der Waals surface area contributed by atoms with Gasteiger partial charge in [-0.05, 0) is 36.6 Å². The highest BCUT2D eigenvalue weighted by Crippen LogP contribution is 2.37. The highest BCUT2D eigenvalue weighted by molar-refractivity contribution is 8.93. The Bertz CT molecular complexity index is 1530. The molecular weight excluding hydrogens is 542 g/mol. The molecule has 0 fully saturated rings. The number of hydrogen-bond donors (Lipinski definition) is 1. The van der Waals surface area contributed by atoms with Crippen LogP contribution in [0.3, 0.4) is 0 Å². The van der Waals surface area contributed by atoms with Crippen LogP contribution in [0.5, 0.6) is 0 Å². The van der Waals surface area contributed by atoms with Gasteiger partial charge < -0.3 is 0 Å². The van der Waals surface area contributed by atoms with Crippen molar-refractivity contribution in [2.75, 3.05) is 10.2 Å². The summed E-state index contributed by atoms with van der Waals surface area (Å²) in [6, 6.07) is 37.5. The number of halogens is 1. The Hall–Kier alpha value is -3.94. The molecule has 0 bridgehead atoms. The molecule has 2 heterocycles. The molecule has 7 heteroatoms. The smallest absolute Gasteiger partial charge is 0.228 e. The van der Waals surface area contributed by atoms with Crippen LogP contribution in [0.2, 0.25) is 0 Å². The third-order valence-corrected chi connectivity index (χ3v) is 7.31. The zero-order chi connectivity index (χ0) is 24.5. The van der Waals surface area contributed by atoms with E-state index in [1.54, 1.807) is 11.3 Å². The van der Waals surface area contributed by atoms with Crippen LogP contribution in [0.1, 0.15) is 16.1 Å². The Labute approximate surface area is 231 Å². The number of nitrogens with one attached hydrogen (secondary N) is 1. The van der Waals surface area contributed by atoms with Gasteiger partial charge in [0.15, 0.2) is 5.84 Å². The minimum Gasteiger partial charge on any atom is -0.256 e. The molecule has 0 saturated heterocycles. The van der Waals surface area contributed by atoms with Gasteiger partial charge in [0.25, 0.3) is 0 Å². The molecule has 6 rings (SSSR count). The number of benzene rings is 4. The van der Waals surface area contributed by atoms with Gasteiger partial charge >= 0.3 is 0 Å². The molecule has 0 radical (unpaired) electrons. The Kier molecular flexibility index (Phi) is 7.08. The number of para-hydroxylation sites is 1. The fourth-order valence-electron chi connectivity index (χ4n) is 4.33. The summed E-state index contributed by atoms with van der Waals surface area (Å²) < 4.78 is 0. The van der Waals surface area contributed by atoms with E-state index >= 15 is 0 Å². The second-order valence-corrected chi connectivity index (χ2v) is 9.78. The topological polar surface area (TPSA) is 43.8 Å². The number of hydrazone groups is 1. The van der Waals surface area contributed by atoms with Crippen molar-refractivity contribution in [3.05, 3.63) is 125 Å². The molecule has 1 N–H and O–H groups in total. The summed E-state index contributed by atoms with van der Waals surface area (Å²) in [6.07, 6.45) is 0. The summed E-state index contributed by atoms with van der Waals surface area (Å²) in [5.74, 6) is 0.767. The van der Waals surface area contributed by atoms with Gasteiger partial charge in [0.1, 0.15) is 0 Å². The van der Waals surface area contributed by atoms with Crippen LogP contribution in [0.4, 0.5) is 10.8 Å². The minimum absolute atomic E-state index is 0. The first-order valence-corrected chi connectivity index (χ1v) is 12.7. The van der Waals surface area contributed by atoms with Crippen molar-refractivity contribution in [2.24, 2.45) is 5.10 Å². The van der Waals surface area contributed by atoms with Gasteiger partial charge in [0.05, 0.1) is 11.4 Å². The number of aromatic nitrogens is 1. The highest BCUT2D eigenvalue weighted by atomic mass is 79.9. The van der Waals surface area contributed by atoms with E-state index in [0.717, 1.165) is 50.2 Å². The van der Waals surface area contributed by atoms with Gasteiger partial charge in [-0.15, -0.1) is 32.3 Å². The number of rotatable bonds is 5. The molecule has 0 unspecified atom stereocenters. The summed E-state index contributed by atoms with van der Waals surface area (Å²) in [6.45, 7) is 4.14. The Morgan fingerprint density at radius 1 is 0.649 bits per heavy atom. The molecule has 37 heavy (non-hydrogen) atoms. The number of aryl methyl sites for hydroxylation is 2. The predicted octanol–water partition coefficient (Wildman–Crippen LogP) is 7.78. The van der Waals surface area contributed by atoms with Crippen molar-refractivity contribution < 1.29 is 0 Å². The van der Waals surface area contributed by atoms with Crippen LogP contribution < -0.4 is 15.7 Å². The summed E-state index contributed by atoms with van der Waals surface area (Å²) in [5.41, 5.74) is 11.1. The summed E-state index contributed by atoms with van der Waals surface area (Å²) >= 11 is 1.65. The summed E-state index contributed by atoms with van der Waals surface area (Å²) in [4.78, 5) is 6.03. The van der Waals surface area contributed by atoms with E-state index in [-0.39, 0.29) is 17.0 Å². The van der Waals surface area contributed by atoms with E-state index in [1.165, 1.54) is 4.88 Å². The SMILES string of the molecule is Br.Cc1nc(N2NC(c3ccccc3-c3ccccc3)=NN2c2ccccc2-c2ccccc2)sc1C. The first-order valence-electron chi connectivity index (χ1n) is 11.9. The normalized spacial score (nSPS) is 12.6. The van der Waals surface area contributed by atoms with Gasteiger partial charge in [-0.1, -0.05) is 114 Å². The lowest BCUT2D eigenvalue weighted by atomic mass is 9.99. The lowest BCUT2D eigenvalue weighted by molar-refractivity contribution is 0.766. The van der Waals surface area contributed by atoms with Crippen LogP contribution in [0.25, 0.3) is 22.3 Å². The highest BCUT2D eigenvalue weighted by Gasteiger charge is 2.31. The van der Waals surface area contributed by atoms with Crippen LogP contribution in [0, 0.1) is 13.8 Å². The number of hydrogen-bond acceptors (Lipinski definition) is 6. The molecule has 184 valence electrons. The molecule has 1 aliphatic rings. The van der Waals surface area contributed by atoms with E-state index in [4.69, 9.17) is 10.1 Å². The fourth-order valence-corrected chi connectivity index (χ4v) is 5.19. The lowest BCUT2D eigenvalue weighted by Crippen LogP contribution is -2.45. The molecule has 1 aromatic heterocycles. The molecular formula is C30H26BrN5S. The number of nitrogens with zero attached hydrogens (tertiary/aromatic N) is 4. The average Bonchev–Trinajstić information content (AvgIpc) is 3.53. The molecule has 4 aromatic carbocycles. The van der Waals surface area contributed by atoms with Crippen molar-refractivity contribution in [2.45, 2.75) is 13.8 Å². The van der Waals surface area contributed by atoms with Gasteiger partial charge in [-0.3, -0.25) is 5.43 Å². The zero-order valence-corrected chi connectivity index (χ0v) is 23.0. The van der Waals surface area contributed by atoms with E-state index in [2.05, 4.69) is 103 Å². The molecule has 1 aliphatic heterocycles. The molecule has 5 aromatic rings. The number of thiazole rings is 1. The van der Waals surface area contributed by atoms with Gasteiger partial charge in [0, 0.05) is 16.0 Å². The van der Waals surface area contributed by atoms with Gasteiger partial charge in [0.2, 0.25) is 5.13 Å². The second-order valence-electron chi connectivity index (χ2n) is 8.59. The van der Waals surface area contributed by atoms with E-state index in [0.29, 0.717) is 0 Å². The van der Waals surface area contributed by atoms with Crippen LogP contribution >= 0.6 is 28.3 Å². The third-order valence-electron chi connectivity index (χ3n) is 6.27. The Balaban J connectivity index is 0.00000280. The monoisotopic (exact) mass is 567 g/mol. The number of hydrazine groups is 2. The van der Waals surface area contributed by atoms with Crippen molar-refractivity contribution in [3.8, 4) is 22.3 Å². The van der Waals surface area contributed by atoms with Crippen molar-refractivity contribution >= 4 is 45.0 Å². The van der Waals surface area contributed by atoms with Gasteiger partial charge in [-0.2, -0.15) is 0 Å². The molecule has 0 atom stereocenters. The van der Waals surface area contributed by atoms with E-state index in [1.807, 2.05) is 35.4 Å². The van der Waals surface area contributed by atoms with Gasteiger partial charge in [-0.25, -0.2) is 4.98 Å². The molecule has 0 aliphatic carbocycles. The predicted molar refractivity (Wildman–Crippen MR) is 160 cm³/mol. The maximum absolute atomic E-state index is 5.13. The number of anilines is 2. The third kappa shape index (κ3) is 4.75. The summed E-state index contributed by atoms with van der Waals surface area (Å²) in [7, 11) is 0. The van der Waals surface area contributed by atoms with Crippen LogP contribution in [0.15, 0.2) is 114 Å². The second kappa shape index (κ2) is 10.6.